The van der Waals surface area contributed by atoms with Gasteiger partial charge < -0.3 is 10.6 Å². The van der Waals surface area contributed by atoms with Crippen LogP contribution < -0.4 is 10.6 Å². The van der Waals surface area contributed by atoms with E-state index in [2.05, 4.69) is 24.8 Å². The van der Waals surface area contributed by atoms with Gasteiger partial charge in [-0.15, -0.1) is 0 Å². The van der Waals surface area contributed by atoms with E-state index in [0.29, 0.717) is 6.54 Å². The number of rotatable bonds is 2. The predicted octanol–water partition coefficient (Wildman–Crippen LogP) is 4.46. The van der Waals surface area contributed by atoms with Crippen molar-refractivity contribution < 1.29 is 4.39 Å². The zero-order valence-corrected chi connectivity index (χ0v) is 16.3. The van der Waals surface area contributed by atoms with Gasteiger partial charge in [0.1, 0.15) is 18.0 Å². The lowest BCUT2D eigenvalue weighted by Crippen LogP contribution is -2.15. The highest BCUT2D eigenvalue weighted by atomic mass is 35.5. The minimum atomic E-state index is -0.402. The third-order valence-corrected chi connectivity index (χ3v) is 5.49. The maximum atomic E-state index is 13.9. The van der Waals surface area contributed by atoms with Crippen LogP contribution in [0.2, 0.25) is 5.02 Å². The van der Waals surface area contributed by atoms with Gasteiger partial charge in [0.2, 0.25) is 5.95 Å². The third-order valence-electron chi connectivity index (χ3n) is 5.20. The van der Waals surface area contributed by atoms with Gasteiger partial charge in [-0.3, -0.25) is 0 Å². The molecule has 6 nitrogen and oxygen atoms in total. The van der Waals surface area contributed by atoms with E-state index in [-0.39, 0.29) is 11.0 Å². The van der Waals surface area contributed by atoms with Crippen LogP contribution in [0.15, 0.2) is 42.9 Å². The van der Waals surface area contributed by atoms with Crippen molar-refractivity contribution in [3.05, 3.63) is 65.0 Å². The Morgan fingerprint density at radius 2 is 2.00 bits per heavy atom. The number of anilines is 3. The molecule has 2 aromatic carbocycles. The average Bonchev–Trinajstić information content (AvgIpc) is 3.10. The molecule has 1 aliphatic heterocycles. The molecule has 8 heteroatoms. The van der Waals surface area contributed by atoms with E-state index in [9.17, 15) is 4.39 Å². The summed E-state index contributed by atoms with van der Waals surface area (Å²) >= 11 is 6.04. The average molecular weight is 407 g/mol. The summed E-state index contributed by atoms with van der Waals surface area (Å²) in [6.07, 6.45) is 3.98. The summed E-state index contributed by atoms with van der Waals surface area (Å²) in [6, 6.07) is 9.11. The lowest BCUT2D eigenvalue weighted by Gasteiger charge is -2.20. The topological polar surface area (TPSA) is 80.8 Å². The second kappa shape index (κ2) is 6.63. The molecule has 3 heterocycles. The Kier molecular flexibility index (Phi) is 4.06. The number of aromatic nitrogens is 4. The van der Waals surface area contributed by atoms with Crippen molar-refractivity contribution in [3.63, 3.8) is 0 Å². The number of aryl methyl sites for hydroxylation is 1. The molecule has 0 saturated heterocycles. The summed E-state index contributed by atoms with van der Waals surface area (Å²) < 4.78 is 13.9. The molecule has 0 aliphatic carbocycles. The molecule has 0 radical (unpaired) electrons. The highest BCUT2D eigenvalue weighted by molar-refractivity contribution is 6.31. The molecular weight excluding hydrogens is 391 g/mol. The third kappa shape index (κ3) is 2.94. The summed E-state index contributed by atoms with van der Waals surface area (Å²) in [6.45, 7) is 2.59. The van der Waals surface area contributed by atoms with Gasteiger partial charge in [-0.05, 0) is 48.7 Å². The summed E-state index contributed by atoms with van der Waals surface area (Å²) in [7, 11) is 0. The molecule has 0 bridgehead atoms. The minimum Gasteiger partial charge on any atom is -0.368 e. The summed E-state index contributed by atoms with van der Waals surface area (Å²) in [5.41, 5.74) is 10.9. The Morgan fingerprint density at radius 3 is 2.83 bits per heavy atom. The quantitative estimate of drug-likeness (QED) is 0.529. The van der Waals surface area contributed by atoms with Gasteiger partial charge in [0.15, 0.2) is 0 Å². The molecule has 0 saturated carbocycles. The largest absolute Gasteiger partial charge is 0.368 e. The minimum absolute atomic E-state index is 0.101. The van der Waals surface area contributed by atoms with Crippen molar-refractivity contribution in [2.45, 2.75) is 13.3 Å². The van der Waals surface area contributed by atoms with Crippen LogP contribution in [0.3, 0.4) is 0 Å². The lowest BCUT2D eigenvalue weighted by molar-refractivity contribution is 0.627. The standard InChI is InChI=1S/C21H16ClFN6/c1-11-15(9-25-21(24)28-11)12-2-3-18-14(6-12)20(27-10-26-18)29-5-4-13-7-17(23)16(22)8-19(13)29/h2-3,6-10H,4-5H2,1H3,(H2,24,25,28). The molecule has 2 N–H and O–H groups in total. The number of fused-ring (bicyclic) bond motifs is 2. The van der Waals surface area contributed by atoms with Crippen molar-refractivity contribution >= 4 is 40.0 Å². The first-order valence-electron chi connectivity index (χ1n) is 9.11. The first-order chi connectivity index (χ1) is 14.0. The summed E-state index contributed by atoms with van der Waals surface area (Å²) in [5, 5.41) is 0.985. The molecule has 144 valence electrons. The zero-order chi connectivity index (χ0) is 20.1. The highest BCUT2D eigenvalue weighted by Gasteiger charge is 2.25. The van der Waals surface area contributed by atoms with Crippen LogP contribution in [-0.4, -0.2) is 26.5 Å². The van der Waals surface area contributed by atoms with Crippen LogP contribution in [-0.2, 0) is 6.42 Å². The van der Waals surface area contributed by atoms with Gasteiger partial charge in [0, 0.05) is 29.4 Å². The molecule has 0 unspecified atom stereocenters. The fourth-order valence-corrected chi connectivity index (χ4v) is 3.95. The number of nitrogens with two attached hydrogens (primary N) is 1. The fourth-order valence-electron chi connectivity index (χ4n) is 3.80. The van der Waals surface area contributed by atoms with E-state index in [1.807, 2.05) is 25.1 Å². The predicted molar refractivity (Wildman–Crippen MR) is 112 cm³/mol. The smallest absolute Gasteiger partial charge is 0.220 e. The van der Waals surface area contributed by atoms with Crippen LogP contribution >= 0.6 is 11.6 Å². The van der Waals surface area contributed by atoms with Crippen LogP contribution in [0.5, 0.6) is 0 Å². The molecule has 0 amide bonds. The van der Waals surface area contributed by atoms with Crippen molar-refractivity contribution in [1.29, 1.82) is 0 Å². The summed E-state index contributed by atoms with van der Waals surface area (Å²) in [4.78, 5) is 19.4. The van der Waals surface area contributed by atoms with Crippen LogP contribution in [0.4, 0.5) is 21.8 Å². The van der Waals surface area contributed by atoms with Gasteiger partial charge in [0.05, 0.1) is 16.2 Å². The van der Waals surface area contributed by atoms with Crippen molar-refractivity contribution in [3.8, 4) is 11.1 Å². The fraction of sp³-hybridized carbons (Fsp3) is 0.143. The molecule has 4 aromatic rings. The van der Waals surface area contributed by atoms with Gasteiger partial charge in [-0.25, -0.2) is 24.3 Å². The first-order valence-corrected chi connectivity index (χ1v) is 9.49. The van der Waals surface area contributed by atoms with Gasteiger partial charge in [-0.1, -0.05) is 17.7 Å². The van der Waals surface area contributed by atoms with Crippen molar-refractivity contribution in [2.75, 3.05) is 17.2 Å². The molecule has 0 spiro atoms. The normalized spacial score (nSPS) is 13.1. The molecule has 2 aromatic heterocycles. The van der Waals surface area contributed by atoms with E-state index >= 15 is 0 Å². The SMILES string of the molecule is Cc1nc(N)ncc1-c1ccc2ncnc(N3CCc4cc(F)c(Cl)cc43)c2c1. The van der Waals surface area contributed by atoms with Crippen LogP contribution in [0.1, 0.15) is 11.3 Å². The second-order valence-electron chi connectivity index (χ2n) is 6.95. The van der Waals surface area contributed by atoms with E-state index in [1.165, 1.54) is 12.4 Å². The zero-order valence-electron chi connectivity index (χ0n) is 15.5. The monoisotopic (exact) mass is 406 g/mol. The Bertz CT molecular complexity index is 1280. The lowest BCUT2D eigenvalue weighted by atomic mass is 10.0. The molecule has 1 aliphatic rings. The molecule has 0 atom stereocenters. The maximum Gasteiger partial charge on any atom is 0.220 e. The highest BCUT2D eigenvalue weighted by Crippen LogP contribution is 2.39. The van der Waals surface area contributed by atoms with Gasteiger partial charge in [-0.2, -0.15) is 0 Å². The second-order valence-corrected chi connectivity index (χ2v) is 7.36. The molecule has 29 heavy (non-hydrogen) atoms. The number of nitrogen functional groups attached to an aromatic ring is 1. The Balaban J connectivity index is 1.67. The Hall–Kier alpha value is -3.32. The number of hydrogen-bond donors (Lipinski definition) is 1. The number of nitrogens with zero attached hydrogens (tertiary/aromatic N) is 5. The van der Waals surface area contributed by atoms with E-state index in [0.717, 1.165) is 51.2 Å². The maximum absolute atomic E-state index is 13.9. The Morgan fingerprint density at radius 1 is 1.14 bits per heavy atom. The first kappa shape index (κ1) is 17.8. The van der Waals surface area contributed by atoms with Crippen molar-refractivity contribution in [1.82, 2.24) is 19.9 Å². The van der Waals surface area contributed by atoms with E-state index < -0.39 is 5.82 Å². The van der Waals surface area contributed by atoms with Crippen LogP contribution in [0.25, 0.3) is 22.0 Å². The van der Waals surface area contributed by atoms with Gasteiger partial charge >= 0.3 is 0 Å². The molecule has 5 rings (SSSR count). The number of halogens is 2. The summed E-state index contributed by atoms with van der Waals surface area (Å²) in [5.74, 6) is 0.599. The Labute approximate surface area is 171 Å². The van der Waals surface area contributed by atoms with Crippen molar-refractivity contribution in [2.24, 2.45) is 0 Å². The van der Waals surface area contributed by atoms with Crippen LogP contribution in [0, 0.1) is 12.7 Å². The number of hydrogen-bond acceptors (Lipinski definition) is 6. The molecular formula is C21H16ClFN6. The number of benzene rings is 2. The molecule has 0 fully saturated rings. The van der Waals surface area contributed by atoms with Gasteiger partial charge in [0.25, 0.3) is 0 Å². The van der Waals surface area contributed by atoms with E-state index in [1.54, 1.807) is 12.3 Å². The van der Waals surface area contributed by atoms with E-state index in [4.69, 9.17) is 17.3 Å².